The van der Waals surface area contributed by atoms with Crippen LogP contribution in [0.2, 0.25) is 0 Å². The molecule has 0 amide bonds. The van der Waals surface area contributed by atoms with E-state index < -0.39 is 0 Å². The zero-order chi connectivity index (χ0) is 20.1. The van der Waals surface area contributed by atoms with E-state index in [1.165, 1.54) is 70.3 Å². The number of piperidine rings is 1. The summed E-state index contributed by atoms with van der Waals surface area (Å²) in [5.41, 5.74) is 1.37. The average Bonchev–Trinajstić information content (AvgIpc) is 3.20. The molecule has 5 nitrogen and oxygen atoms in total. The van der Waals surface area contributed by atoms with Crippen molar-refractivity contribution in [2.75, 3.05) is 46.9 Å². The van der Waals surface area contributed by atoms with Gasteiger partial charge in [0.15, 0.2) is 5.96 Å². The van der Waals surface area contributed by atoms with Gasteiger partial charge < -0.3 is 15.0 Å². The maximum Gasteiger partial charge on any atom is 0.193 e. The van der Waals surface area contributed by atoms with E-state index in [9.17, 15) is 0 Å². The van der Waals surface area contributed by atoms with Gasteiger partial charge in [-0.05, 0) is 74.2 Å². The van der Waals surface area contributed by atoms with Crippen molar-refractivity contribution in [2.45, 2.75) is 45.1 Å². The molecule has 4 rings (SSSR count). The fourth-order valence-corrected chi connectivity index (χ4v) is 5.48. The molecule has 2 aliphatic heterocycles. The number of hydrogen-bond acceptors (Lipinski definition) is 3. The van der Waals surface area contributed by atoms with Gasteiger partial charge in [0.25, 0.3) is 0 Å². The van der Waals surface area contributed by atoms with Crippen molar-refractivity contribution in [1.29, 1.82) is 0 Å². The van der Waals surface area contributed by atoms with Gasteiger partial charge in [0.2, 0.25) is 0 Å². The van der Waals surface area contributed by atoms with E-state index in [1.54, 1.807) is 7.11 Å². The number of methoxy groups -OCH3 is 1. The summed E-state index contributed by atoms with van der Waals surface area (Å²) in [6.45, 7) is 6.90. The molecular formula is C24H39IN4O. The number of rotatable bonds is 5. The summed E-state index contributed by atoms with van der Waals surface area (Å²) in [6.07, 6.45) is 8.23. The van der Waals surface area contributed by atoms with Gasteiger partial charge in [-0.15, -0.1) is 24.0 Å². The molecule has 1 aromatic rings. The van der Waals surface area contributed by atoms with E-state index in [0.29, 0.717) is 0 Å². The lowest BCUT2D eigenvalue weighted by Gasteiger charge is -2.33. The third kappa shape index (κ3) is 6.02. The number of guanidine groups is 1. The standard InChI is InChI=1S/C24H38N4O.HI/c1-25-24(28-17-21-5-3-4-6-22(21)18-28)26-15-19-11-13-27(14-12-19)16-20-7-9-23(29-2)10-8-20;/h7-10,19,21-22H,3-6,11-18H2,1-2H3,(H,25,26);1H. The van der Waals surface area contributed by atoms with E-state index >= 15 is 0 Å². The lowest BCUT2D eigenvalue weighted by molar-refractivity contribution is 0.177. The summed E-state index contributed by atoms with van der Waals surface area (Å²) < 4.78 is 5.26. The van der Waals surface area contributed by atoms with Crippen LogP contribution < -0.4 is 10.1 Å². The van der Waals surface area contributed by atoms with E-state index in [2.05, 4.69) is 44.4 Å². The molecule has 3 fully saturated rings. The van der Waals surface area contributed by atoms with Crippen molar-refractivity contribution >= 4 is 29.9 Å². The monoisotopic (exact) mass is 526 g/mol. The maximum absolute atomic E-state index is 5.26. The average molecular weight is 527 g/mol. The number of likely N-dealkylation sites (tertiary alicyclic amines) is 2. The van der Waals surface area contributed by atoms with Crippen LogP contribution in [0.1, 0.15) is 44.1 Å². The SMILES string of the molecule is CN=C(NCC1CCN(Cc2ccc(OC)cc2)CC1)N1CC2CCCCC2C1.I. The van der Waals surface area contributed by atoms with Crippen LogP contribution in [-0.2, 0) is 6.54 Å². The minimum Gasteiger partial charge on any atom is -0.497 e. The summed E-state index contributed by atoms with van der Waals surface area (Å²) in [6, 6.07) is 8.49. The Labute approximate surface area is 199 Å². The highest BCUT2D eigenvalue weighted by atomic mass is 127. The van der Waals surface area contributed by atoms with Crippen molar-refractivity contribution in [1.82, 2.24) is 15.1 Å². The van der Waals surface area contributed by atoms with E-state index in [-0.39, 0.29) is 24.0 Å². The Morgan fingerprint density at radius 3 is 2.23 bits per heavy atom. The minimum absolute atomic E-state index is 0. The summed E-state index contributed by atoms with van der Waals surface area (Å²) in [5, 5.41) is 3.71. The van der Waals surface area contributed by atoms with Crippen molar-refractivity contribution in [3.63, 3.8) is 0 Å². The Balaban J connectivity index is 0.00000256. The highest BCUT2D eigenvalue weighted by Gasteiger charge is 2.35. The molecule has 0 bridgehead atoms. The molecule has 2 heterocycles. The van der Waals surface area contributed by atoms with Gasteiger partial charge in [0, 0.05) is 33.2 Å². The van der Waals surface area contributed by atoms with Gasteiger partial charge >= 0.3 is 0 Å². The van der Waals surface area contributed by atoms with Crippen LogP contribution in [0.5, 0.6) is 5.75 Å². The molecule has 1 aliphatic carbocycles. The molecule has 2 unspecified atom stereocenters. The molecule has 0 radical (unpaired) electrons. The predicted molar refractivity (Wildman–Crippen MR) is 135 cm³/mol. The maximum atomic E-state index is 5.26. The molecule has 3 aliphatic rings. The topological polar surface area (TPSA) is 40.1 Å². The predicted octanol–water partition coefficient (Wildman–Crippen LogP) is 4.22. The van der Waals surface area contributed by atoms with Crippen molar-refractivity contribution in [3.05, 3.63) is 29.8 Å². The first-order valence-electron chi connectivity index (χ1n) is 11.6. The number of nitrogens with zero attached hydrogens (tertiary/aromatic N) is 3. The number of aliphatic imine (C=N–C) groups is 1. The second kappa shape index (κ2) is 11.6. The van der Waals surface area contributed by atoms with Crippen molar-refractivity contribution in [2.24, 2.45) is 22.7 Å². The summed E-state index contributed by atoms with van der Waals surface area (Å²) in [5.74, 6) is 4.64. The van der Waals surface area contributed by atoms with Crippen LogP contribution in [0.15, 0.2) is 29.3 Å². The molecule has 2 atom stereocenters. The van der Waals surface area contributed by atoms with Gasteiger partial charge in [-0.25, -0.2) is 0 Å². The molecule has 0 spiro atoms. The summed E-state index contributed by atoms with van der Waals surface area (Å²) in [4.78, 5) is 9.72. The van der Waals surface area contributed by atoms with Crippen LogP contribution in [0, 0.1) is 17.8 Å². The zero-order valence-electron chi connectivity index (χ0n) is 18.7. The zero-order valence-corrected chi connectivity index (χ0v) is 21.0. The molecule has 30 heavy (non-hydrogen) atoms. The molecule has 2 saturated heterocycles. The molecule has 168 valence electrons. The van der Waals surface area contributed by atoms with E-state index in [0.717, 1.165) is 42.6 Å². The highest BCUT2D eigenvalue weighted by molar-refractivity contribution is 14.0. The third-order valence-corrected chi connectivity index (χ3v) is 7.31. The fourth-order valence-electron chi connectivity index (χ4n) is 5.48. The first-order chi connectivity index (χ1) is 14.2. The minimum atomic E-state index is 0. The van der Waals surface area contributed by atoms with Crippen LogP contribution >= 0.6 is 24.0 Å². The Morgan fingerprint density at radius 1 is 1.03 bits per heavy atom. The van der Waals surface area contributed by atoms with Gasteiger partial charge in [-0.3, -0.25) is 9.89 Å². The Bertz CT molecular complexity index is 658. The highest BCUT2D eigenvalue weighted by Crippen LogP contribution is 2.36. The number of benzene rings is 1. The number of fused-ring (bicyclic) bond motifs is 1. The lowest BCUT2D eigenvalue weighted by atomic mass is 9.82. The van der Waals surface area contributed by atoms with Gasteiger partial charge in [-0.2, -0.15) is 0 Å². The lowest BCUT2D eigenvalue weighted by Crippen LogP contribution is -2.44. The first-order valence-corrected chi connectivity index (χ1v) is 11.6. The third-order valence-electron chi connectivity index (χ3n) is 7.31. The molecule has 0 aromatic heterocycles. The first kappa shape index (κ1) is 23.6. The van der Waals surface area contributed by atoms with Crippen LogP contribution in [0.4, 0.5) is 0 Å². The second-order valence-corrected chi connectivity index (χ2v) is 9.21. The summed E-state index contributed by atoms with van der Waals surface area (Å²) >= 11 is 0. The van der Waals surface area contributed by atoms with Crippen LogP contribution in [0.25, 0.3) is 0 Å². The fraction of sp³-hybridized carbons (Fsp3) is 0.708. The molecule has 1 saturated carbocycles. The Hall–Kier alpha value is -1.02. The number of halogens is 1. The van der Waals surface area contributed by atoms with E-state index in [1.807, 2.05) is 7.05 Å². The largest absolute Gasteiger partial charge is 0.497 e. The molecule has 1 N–H and O–H groups in total. The normalized spacial score (nSPS) is 25.5. The molecule has 6 heteroatoms. The Morgan fingerprint density at radius 2 is 1.67 bits per heavy atom. The van der Waals surface area contributed by atoms with Gasteiger partial charge in [0.05, 0.1) is 7.11 Å². The smallest absolute Gasteiger partial charge is 0.193 e. The van der Waals surface area contributed by atoms with Crippen molar-refractivity contribution < 1.29 is 4.74 Å². The number of ether oxygens (including phenoxy) is 1. The molecule has 1 aromatic carbocycles. The van der Waals surface area contributed by atoms with Crippen molar-refractivity contribution in [3.8, 4) is 5.75 Å². The quantitative estimate of drug-likeness (QED) is 0.355. The number of hydrogen-bond donors (Lipinski definition) is 1. The Kier molecular flexibility index (Phi) is 9.11. The number of nitrogens with one attached hydrogen (secondary N) is 1. The van der Waals surface area contributed by atoms with Gasteiger partial charge in [0.1, 0.15) is 5.75 Å². The van der Waals surface area contributed by atoms with Crippen LogP contribution in [-0.4, -0.2) is 62.6 Å². The molecular weight excluding hydrogens is 487 g/mol. The second-order valence-electron chi connectivity index (χ2n) is 9.21. The summed E-state index contributed by atoms with van der Waals surface area (Å²) in [7, 11) is 3.67. The van der Waals surface area contributed by atoms with Crippen LogP contribution in [0.3, 0.4) is 0 Å². The van der Waals surface area contributed by atoms with E-state index in [4.69, 9.17) is 4.74 Å². The van der Waals surface area contributed by atoms with Gasteiger partial charge in [-0.1, -0.05) is 25.0 Å².